The average Bonchev–Trinajstić information content (AvgIpc) is 3.22. The number of amides is 2. The van der Waals surface area contributed by atoms with Gasteiger partial charge in [0, 0.05) is 19.6 Å². The summed E-state index contributed by atoms with van der Waals surface area (Å²) < 4.78 is 5.82. The molecule has 0 aromatic heterocycles. The van der Waals surface area contributed by atoms with Gasteiger partial charge in [0.1, 0.15) is 5.75 Å². The molecular weight excluding hydrogens is 342 g/mol. The monoisotopic (exact) mass is 373 g/mol. The van der Waals surface area contributed by atoms with Crippen molar-refractivity contribution < 1.29 is 14.3 Å². The van der Waals surface area contributed by atoms with E-state index >= 15 is 0 Å². The molecule has 3 rings (SSSR count). The molecule has 0 radical (unpaired) electrons. The Labute approximate surface area is 161 Å². The van der Waals surface area contributed by atoms with Crippen LogP contribution in [-0.4, -0.2) is 55.0 Å². The lowest BCUT2D eigenvalue weighted by molar-refractivity contribution is -0.139. The second kappa shape index (κ2) is 9.22. The number of nitrogens with one attached hydrogen (secondary N) is 2. The summed E-state index contributed by atoms with van der Waals surface area (Å²) in [6, 6.07) is 7.70. The van der Waals surface area contributed by atoms with E-state index in [0.29, 0.717) is 24.8 Å². The van der Waals surface area contributed by atoms with Crippen molar-refractivity contribution in [2.24, 2.45) is 5.92 Å². The van der Waals surface area contributed by atoms with Gasteiger partial charge in [0.05, 0.1) is 6.04 Å². The summed E-state index contributed by atoms with van der Waals surface area (Å²) in [6.07, 6.45) is 3.46. The van der Waals surface area contributed by atoms with Crippen LogP contribution < -0.4 is 15.4 Å². The van der Waals surface area contributed by atoms with Crippen LogP contribution in [-0.2, 0) is 9.59 Å². The van der Waals surface area contributed by atoms with Crippen molar-refractivity contribution in [2.75, 3.05) is 26.2 Å². The van der Waals surface area contributed by atoms with E-state index in [2.05, 4.69) is 10.6 Å². The van der Waals surface area contributed by atoms with Gasteiger partial charge in [0.15, 0.2) is 6.10 Å². The average molecular weight is 373 g/mol. The van der Waals surface area contributed by atoms with E-state index in [1.807, 2.05) is 36.1 Å². The number of nitrogens with zero attached hydrogens (tertiary/aromatic N) is 1. The SMILES string of the molecule is Cc1ccc(OC(C)C(=O)N2CCCC(CNC(=O)C3CCCN3)C2)cc1. The minimum atomic E-state index is -0.510. The molecule has 1 aromatic rings. The van der Waals surface area contributed by atoms with Crippen LogP contribution in [0.25, 0.3) is 0 Å². The summed E-state index contributed by atoms with van der Waals surface area (Å²) in [6.45, 7) is 6.82. The third-order valence-electron chi connectivity index (χ3n) is 5.45. The maximum Gasteiger partial charge on any atom is 0.263 e. The second-order valence-electron chi connectivity index (χ2n) is 7.76. The van der Waals surface area contributed by atoms with Gasteiger partial charge in [0.2, 0.25) is 5.91 Å². The van der Waals surface area contributed by atoms with Crippen LogP contribution in [0.5, 0.6) is 5.75 Å². The maximum absolute atomic E-state index is 12.8. The van der Waals surface area contributed by atoms with Crippen molar-refractivity contribution in [3.8, 4) is 5.75 Å². The van der Waals surface area contributed by atoms with E-state index in [1.165, 1.54) is 0 Å². The number of ether oxygens (including phenoxy) is 1. The topological polar surface area (TPSA) is 70.7 Å². The van der Waals surface area contributed by atoms with Crippen molar-refractivity contribution in [1.29, 1.82) is 0 Å². The van der Waals surface area contributed by atoms with E-state index < -0.39 is 6.10 Å². The minimum Gasteiger partial charge on any atom is -0.481 e. The quantitative estimate of drug-likeness (QED) is 0.799. The molecule has 6 heteroatoms. The molecule has 0 saturated carbocycles. The van der Waals surface area contributed by atoms with Crippen LogP contribution in [0, 0.1) is 12.8 Å². The standard InChI is InChI=1S/C21H31N3O3/c1-15-7-9-18(10-8-15)27-16(2)21(26)24-12-4-5-17(14-24)13-23-20(25)19-6-3-11-22-19/h7-10,16-17,19,22H,3-6,11-14H2,1-2H3,(H,23,25). The van der Waals surface area contributed by atoms with Gasteiger partial charge in [-0.1, -0.05) is 17.7 Å². The molecule has 2 amide bonds. The molecule has 2 fully saturated rings. The lowest BCUT2D eigenvalue weighted by Gasteiger charge is -2.34. The van der Waals surface area contributed by atoms with Crippen molar-refractivity contribution in [3.05, 3.63) is 29.8 Å². The molecule has 0 bridgehead atoms. The fraction of sp³-hybridized carbons (Fsp3) is 0.619. The van der Waals surface area contributed by atoms with Crippen molar-refractivity contribution in [1.82, 2.24) is 15.5 Å². The Morgan fingerprint density at radius 3 is 2.74 bits per heavy atom. The first kappa shape index (κ1) is 19.7. The summed E-state index contributed by atoms with van der Waals surface area (Å²) in [4.78, 5) is 26.8. The number of carbonyl (C=O) groups is 2. The molecule has 0 spiro atoms. The zero-order valence-electron chi connectivity index (χ0n) is 16.4. The van der Waals surface area contributed by atoms with Gasteiger partial charge in [-0.15, -0.1) is 0 Å². The highest BCUT2D eigenvalue weighted by Gasteiger charge is 2.29. The molecule has 1 aromatic carbocycles. The van der Waals surface area contributed by atoms with Crippen LogP contribution in [0.15, 0.2) is 24.3 Å². The van der Waals surface area contributed by atoms with Crippen LogP contribution >= 0.6 is 0 Å². The molecule has 6 nitrogen and oxygen atoms in total. The zero-order valence-corrected chi connectivity index (χ0v) is 16.4. The summed E-state index contributed by atoms with van der Waals surface area (Å²) in [5.74, 6) is 1.13. The van der Waals surface area contributed by atoms with Crippen LogP contribution in [0.1, 0.15) is 38.2 Å². The predicted octanol–water partition coefficient (Wildman–Crippen LogP) is 1.87. The number of benzene rings is 1. The fourth-order valence-electron chi connectivity index (χ4n) is 3.84. The highest BCUT2D eigenvalue weighted by Crippen LogP contribution is 2.19. The van der Waals surface area contributed by atoms with E-state index in [-0.39, 0.29) is 17.9 Å². The van der Waals surface area contributed by atoms with Crippen LogP contribution in [0.2, 0.25) is 0 Å². The summed E-state index contributed by atoms with van der Waals surface area (Å²) in [7, 11) is 0. The van der Waals surface area contributed by atoms with E-state index in [1.54, 1.807) is 6.92 Å². The Bertz CT molecular complexity index is 641. The molecule has 0 aliphatic carbocycles. The molecule has 2 N–H and O–H groups in total. The summed E-state index contributed by atoms with van der Waals surface area (Å²) >= 11 is 0. The normalized spacial score (nSPS) is 23.7. The van der Waals surface area contributed by atoms with Gasteiger partial charge >= 0.3 is 0 Å². The van der Waals surface area contributed by atoms with Crippen LogP contribution in [0.4, 0.5) is 0 Å². The van der Waals surface area contributed by atoms with Crippen molar-refractivity contribution >= 4 is 11.8 Å². The molecule has 27 heavy (non-hydrogen) atoms. The molecule has 3 unspecified atom stereocenters. The fourth-order valence-corrected chi connectivity index (χ4v) is 3.84. The Morgan fingerprint density at radius 1 is 1.26 bits per heavy atom. The molecule has 3 atom stereocenters. The van der Waals surface area contributed by atoms with Gasteiger partial charge in [0.25, 0.3) is 5.91 Å². The molecule has 2 aliphatic heterocycles. The summed E-state index contributed by atoms with van der Waals surface area (Å²) in [5, 5.41) is 6.28. The number of hydrogen-bond acceptors (Lipinski definition) is 4. The van der Waals surface area contributed by atoms with E-state index in [9.17, 15) is 9.59 Å². The van der Waals surface area contributed by atoms with E-state index in [4.69, 9.17) is 4.74 Å². The molecule has 2 saturated heterocycles. The smallest absolute Gasteiger partial charge is 0.263 e. The number of carbonyl (C=O) groups excluding carboxylic acids is 2. The Hall–Kier alpha value is -2.08. The Kier molecular flexibility index (Phi) is 6.72. The zero-order chi connectivity index (χ0) is 19.2. The third kappa shape index (κ3) is 5.45. The first-order valence-electron chi connectivity index (χ1n) is 10.1. The first-order valence-corrected chi connectivity index (χ1v) is 10.1. The number of piperidine rings is 1. The largest absolute Gasteiger partial charge is 0.481 e. The van der Waals surface area contributed by atoms with Crippen molar-refractivity contribution in [2.45, 2.75) is 51.7 Å². The molecule has 2 heterocycles. The Morgan fingerprint density at radius 2 is 2.04 bits per heavy atom. The van der Waals surface area contributed by atoms with Crippen molar-refractivity contribution in [3.63, 3.8) is 0 Å². The third-order valence-corrected chi connectivity index (χ3v) is 5.45. The van der Waals surface area contributed by atoms with Gasteiger partial charge < -0.3 is 20.3 Å². The second-order valence-corrected chi connectivity index (χ2v) is 7.76. The lowest BCUT2D eigenvalue weighted by atomic mass is 9.97. The highest BCUT2D eigenvalue weighted by molar-refractivity contribution is 5.82. The predicted molar refractivity (Wildman–Crippen MR) is 105 cm³/mol. The summed E-state index contributed by atoms with van der Waals surface area (Å²) in [5.41, 5.74) is 1.16. The highest BCUT2D eigenvalue weighted by atomic mass is 16.5. The van der Waals surface area contributed by atoms with E-state index in [0.717, 1.165) is 44.3 Å². The van der Waals surface area contributed by atoms with Gasteiger partial charge in [-0.2, -0.15) is 0 Å². The Balaban J connectivity index is 1.46. The number of aryl methyl sites for hydroxylation is 1. The number of rotatable bonds is 6. The van der Waals surface area contributed by atoms with Crippen LogP contribution in [0.3, 0.4) is 0 Å². The number of likely N-dealkylation sites (tertiary alicyclic amines) is 1. The molecular formula is C21H31N3O3. The minimum absolute atomic E-state index is 0.0176. The first-order chi connectivity index (χ1) is 13.0. The van der Waals surface area contributed by atoms with Gasteiger partial charge in [-0.3, -0.25) is 9.59 Å². The van der Waals surface area contributed by atoms with Gasteiger partial charge in [-0.05, 0) is 64.1 Å². The van der Waals surface area contributed by atoms with Gasteiger partial charge in [-0.25, -0.2) is 0 Å². The lowest BCUT2D eigenvalue weighted by Crippen LogP contribution is -2.49. The maximum atomic E-state index is 12.8. The molecule has 148 valence electrons. The number of hydrogen-bond donors (Lipinski definition) is 2. The molecule has 2 aliphatic rings.